The number of fused-ring (bicyclic) bond motifs is 5. The number of imide groups is 1. The predicted molar refractivity (Wildman–Crippen MR) is 80.0 cm³/mol. The molecule has 8 heteroatoms. The molecule has 4 atom stereocenters. The van der Waals surface area contributed by atoms with Crippen molar-refractivity contribution < 1.29 is 19.2 Å². The van der Waals surface area contributed by atoms with E-state index in [4.69, 9.17) is 16.3 Å². The average Bonchev–Trinajstić information content (AvgIpc) is 3.09. The van der Waals surface area contributed by atoms with Gasteiger partial charge in [0.2, 0.25) is 11.8 Å². The van der Waals surface area contributed by atoms with E-state index in [1.807, 2.05) is 0 Å². The van der Waals surface area contributed by atoms with Crippen LogP contribution in [0.2, 0.25) is 5.02 Å². The lowest BCUT2D eigenvalue weighted by Gasteiger charge is -2.24. The van der Waals surface area contributed by atoms with Crippen molar-refractivity contribution in [1.82, 2.24) is 0 Å². The quantitative estimate of drug-likeness (QED) is 0.357. The summed E-state index contributed by atoms with van der Waals surface area (Å²) in [5, 5.41) is 11.4. The number of ether oxygens (including phenoxy) is 1. The maximum atomic E-state index is 12.8. The largest absolute Gasteiger partial charge is 0.362 e. The van der Waals surface area contributed by atoms with Crippen molar-refractivity contribution in [3.8, 4) is 0 Å². The molecule has 4 unspecified atom stereocenters. The van der Waals surface area contributed by atoms with Crippen molar-refractivity contribution in [2.45, 2.75) is 18.6 Å². The van der Waals surface area contributed by atoms with Gasteiger partial charge in [-0.2, -0.15) is 0 Å². The number of nitro benzene ring substituents is 1. The number of nitro groups is 1. The number of hydrogen-bond donors (Lipinski definition) is 0. The van der Waals surface area contributed by atoms with E-state index in [1.165, 1.54) is 12.1 Å². The fourth-order valence-electron chi connectivity index (χ4n) is 3.72. The van der Waals surface area contributed by atoms with Crippen LogP contribution in [0.4, 0.5) is 11.4 Å². The Labute approximate surface area is 135 Å². The molecule has 0 saturated carbocycles. The van der Waals surface area contributed by atoms with Crippen LogP contribution in [0, 0.1) is 22.0 Å². The van der Waals surface area contributed by atoms with Crippen LogP contribution in [0.15, 0.2) is 30.4 Å². The molecule has 2 fully saturated rings. The molecule has 3 aliphatic rings. The van der Waals surface area contributed by atoms with E-state index in [0.717, 1.165) is 11.0 Å². The fraction of sp³-hybridized carbons (Fsp3) is 0.333. The summed E-state index contributed by atoms with van der Waals surface area (Å²) in [5.74, 6) is -2.23. The van der Waals surface area contributed by atoms with Crippen LogP contribution in [0.5, 0.6) is 0 Å². The number of carbonyl (C=O) groups is 2. The van der Waals surface area contributed by atoms with Gasteiger partial charge in [0.05, 0.1) is 28.5 Å². The van der Waals surface area contributed by atoms with Gasteiger partial charge in [-0.1, -0.05) is 23.8 Å². The number of benzene rings is 1. The van der Waals surface area contributed by atoms with Crippen molar-refractivity contribution in [3.63, 3.8) is 0 Å². The van der Waals surface area contributed by atoms with Crippen LogP contribution < -0.4 is 4.90 Å². The fourth-order valence-corrected chi connectivity index (χ4v) is 3.89. The van der Waals surface area contributed by atoms with E-state index in [1.54, 1.807) is 19.1 Å². The molecular formula is C15H11ClN2O5. The second-order valence-corrected chi connectivity index (χ2v) is 6.47. The third-order valence-corrected chi connectivity index (χ3v) is 4.94. The molecule has 2 saturated heterocycles. The summed E-state index contributed by atoms with van der Waals surface area (Å²) in [4.78, 5) is 37.0. The van der Waals surface area contributed by atoms with Gasteiger partial charge >= 0.3 is 0 Å². The molecule has 3 heterocycles. The summed E-state index contributed by atoms with van der Waals surface area (Å²) in [6, 6.07) is 3.88. The number of rotatable bonds is 2. The van der Waals surface area contributed by atoms with Gasteiger partial charge in [-0.25, -0.2) is 4.90 Å². The molecule has 1 aromatic carbocycles. The summed E-state index contributed by atoms with van der Waals surface area (Å²) in [6.07, 6.45) is 3.09. The Kier molecular flexibility index (Phi) is 2.74. The highest BCUT2D eigenvalue weighted by molar-refractivity contribution is 6.31. The number of nitrogens with zero attached hydrogens (tertiary/aromatic N) is 2. The van der Waals surface area contributed by atoms with Gasteiger partial charge in [0.1, 0.15) is 5.69 Å². The van der Waals surface area contributed by atoms with Crippen molar-refractivity contribution >= 4 is 34.8 Å². The third kappa shape index (κ3) is 1.74. The molecule has 7 nitrogen and oxygen atoms in total. The minimum Gasteiger partial charge on any atom is -0.362 e. The molecule has 1 aromatic rings. The van der Waals surface area contributed by atoms with Gasteiger partial charge in [0, 0.05) is 11.1 Å². The van der Waals surface area contributed by atoms with Crippen LogP contribution in [0.25, 0.3) is 0 Å². The molecule has 23 heavy (non-hydrogen) atoms. The third-order valence-electron chi connectivity index (χ3n) is 4.70. The zero-order chi connectivity index (χ0) is 16.5. The molecule has 4 rings (SSSR count). The molecule has 0 aromatic heterocycles. The SMILES string of the molecule is CC12C=CC(O1)C1C(=O)N(c3ccc(Cl)cc3[N+](=O)[O-])C(=O)C12. The van der Waals surface area contributed by atoms with E-state index in [2.05, 4.69) is 0 Å². The molecule has 0 N–H and O–H groups in total. The number of hydrogen-bond acceptors (Lipinski definition) is 5. The first-order valence-electron chi connectivity index (χ1n) is 7.02. The first kappa shape index (κ1) is 14.3. The average molecular weight is 335 g/mol. The van der Waals surface area contributed by atoms with E-state index in [-0.39, 0.29) is 16.4 Å². The second kappa shape index (κ2) is 4.39. The van der Waals surface area contributed by atoms with Crippen molar-refractivity contribution in [3.05, 3.63) is 45.5 Å². The molecule has 118 valence electrons. The number of halogens is 1. The predicted octanol–water partition coefficient (Wildman–Crippen LogP) is 2.08. The number of amides is 2. The lowest BCUT2D eigenvalue weighted by atomic mass is 9.78. The van der Waals surface area contributed by atoms with E-state index >= 15 is 0 Å². The first-order valence-corrected chi connectivity index (χ1v) is 7.40. The Balaban J connectivity index is 1.83. The molecule has 0 spiro atoms. The van der Waals surface area contributed by atoms with E-state index < -0.39 is 40.3 Å². The Morgan fingerprint density at radius 2 is 2.09 bits per heavy atom. The molecule has 3 aliphatic heterocycles. The zero-order valence-electron chi connectivity index (χ0n) is 11.9. The lowest BCUT2D eigenvalue weighted by Crippen LogP contribution is -2.38. The first-order chi connectivity index (χ1) is 10.8. The maximum Gasteiger partial charge on any atom is 0.294 e. The normalized spacial score (nSPS) is 34.3. The minimum absolute atomic E-state index is 0.0493. The molecule has 0 radical (unpaired) electrons. The Hall–Kier alpha value is -2.25. The molecule has 2 amide bonds. The monoisotopic (exact) mass is 334 g/mol. The Morgan fingerprint density at radius 1 is 1.35 bits per heavy atom. The maximum absolute atomic E-state index is 12.8. The summed E-state index contributed by atoms with van der Waals surface area (Å²) in [5.41, 5.74) is -1.25. The van der Waals surface area contributed by atoms with Gasteiger partial charge in [-0.15, -0.1) is 0 Å². The van der Waals surface area contributed by atoms with Crippen LogP contribution in [-0.2, 0) is 14.3 Å². The van der Waals surface area contributed by atoms with Crippen molar-refractivity contribution in [2.24, 2.45) is 11.8 Å². The number of anilines is 1. The smallest absolute Gasteiger partial charge is 0.294 e. The van der Waals surface area contributed by atoms with Gasteiger partial charge in [-0.05, 0) is 19.1 Å². The second-order valence-electron chi connectivity index (χ2n) is 6.03. The topological polar surface area (TPSA) is 89.8 Å². The van der Waals surface area contributed by atoms with Crippen LogP contribution >= 0.6 is 11.6 Å². The van der Waals surface area contributed by atoms with Crippen molar-refractivity contribution in [2.75, 3.05) is 4.90 Å². The van der Waals surface area contributed by atoms with Gasteiger partial charge in [0.25, 0.3) is 5.69 Å². The van der Waals surface area contributed by atoms with Crippen LogP contribution in [0.1, 0.15) is 6.92 Å². The highest BCUT2D eigenvalue weighted by Gasteiger charge is 2.66. The van der Waals surface area contributed by atoms with Crippen molar-refractivity contribution in [1.29, 1.82) is 0 Å². The van der Waals surface area contributed by atoms with E-state index in [9.17, 15) is 19.7 Å². The zero-order valence-corrected chi connectivity index (χ0v) is 12.7. The highest BCUT2D eigenvalue weighted by atomic mass is 35.5. The van der Waals surface area contributed by atoms with Gasteiger partial charge < -0.3 is 4.74 Å². The lowest BCUT2D eigenvalue weighted by molar-refractivity contribution is -0.384. The Morgan fingerprint density at radius 3 is 2.74 bits per heavy atom. The summed E-state index contributed by atoms with van der Waals surface area (Å²) in [7, 11) is 0. The molecule has 0 aliphatic carbocycles. The molecular weight excluding hydrogens is 324 g/mol. The van der Waals surface area contributed by atoms with Crippen LogP contribution in [0.3, 0.4) is 0 Å². The highest BCUT2D eigenvalue weighted by Crippen LogP contribution is 2.53. The van der Waals surface area contributed by atoms with E-state index in [0.29, 0.717) is 0 Å². The Bertz CT molecular complexity index is 807. The standard InChI is InChI=1S/C15H11ClN2O5/c1-15-5-4-10(23-15)11-12(15)14(20)17(13(11)19)8-3-2-7(16)6-9(8)18(21)22/h2-6,10-12H,1H3. The van der Waals surface area contributed by atoms with Crippen LogP contribution in [-0.4, -0.2) is 28.4 Å². The summed E-state index contributed by atoms with van der Waals surface area (Å²) < 4.78 is 5.71. The van der Waals surface area contributed by atoms with Gasteiger partial charge in [0.15, 0.2) is 0 Å². The molecule has 2 bridgehead atoms. The number of carbonyl (C=O) groups excluding carboxylic acids is 2. The summed E-state index contributed by atoms with van der Waals surface area (Å²) in [6.45, 7) is 1.75. The minimum atomic E-state index is -0.835. The van der Waals surface area contributed by atoms with Gasteiger partial charge in [-0.3, -0.25) is 19.7 Å². The summed E-state index contributed by atoms with van der Waals surface area (Å²) >= 11 is 5.79.